The summed E-state index contributed by atoms with van der Waals surface area (Å²) in [5, 5.41) is 1.02. The molecule has 0 radical (unpaired) electrons. The lowest BCUT2D eigenvalue weighted by Crippen LogP contribution is -2.47. The fourth-order valence-corrected chi connectivity index (χ4v) is 9.01. The molecule has 11 nitrogen and oxygen atoms in total. The molecule has 12 heteroatoms. The van der Waals surface area contributed by atoms with Crippen LogP contribution in [0.2, 0.25) is 0 Å². The van der Waals surface area contributed by atoms with Crippen molar-refractivity contribution in [3.8, 4) is 22.1 Å². The van der Waals surface area contributed by atoms with Gasteiger partial charge in [0, 0.05) is 57.7 Å². The van der Waals surface area contributed by atoms with Crippen LogP contribution >= 0.6 is 11.3 Å². The number of carbonyl (C=O) groups is 4. The molecular weight excluding hydrogens is 717 g/mol. The van der Waals surface area contributed by atoms with E-state index in [1.54, 1.807) is 29.5 Å². The van der Waals surface area contributed by atoms with Gasteiger partial charge in [0.15, 0.2) is 5.78 Å². The molecule has 2 saturated carbocycles. The topological polar surface area (TPSA) is 119 Å². The molecule has 1 atom stereocenters. The lowest BCUT2D eigenvalue weighted by molar-refractivity contribution is -0.132. The number of amides is 2. The molecule has 0 bridgehead atoms. The molecule has 2 amide bonds. The Bertz CT molecular complexity index is 2070. The Labute approximate surface area is 325 Å². The van der Waals surface area contributed by atoms with Crippen LogP contribution in [0.25, 0.3) is 20.8 Å². The van der Waals surface area contributed by atoms with Crippen LogP contribution in [0.5, 0.6) is 11.5 Å². The van der Waals surface area contributed by atoms with Gasteiger partial charge in [-0.3, -0.25) is 24.1 Å². The Balaban J connectivity index is 0.697. The second kappa shape index (κ2) is 16.2. The number of ketones is 2. The van der Waals surface area contributed by atoms with Gasteiger partial charge in [-0.2, -0.15) is 0 Å². The number of unbranched alkanes of at least 4 members (excludes halogenated alkanes) is 2. The van der Waals surface area contributed by atoms with Crippen molar-refractivity contribution in [2.24, 2.45) is 0 Å². The molecule has 1 unspecified atom stereocenters. The number of Topliss-reactive ketones (excluding diaryl/α,β-unsaturated/α-hetero) is 2. The molecule has 0 N–H and O–H groups in total. The molecule has 1 saturated heterocycles. The summed E-state index contributed by atoms with van der Waals surface area (Å²) in [5.74, 6) is -0.0471. The van der Waals surface area contributed by atoms with Gasteiger partial charge in [-0.1, -0.05) is 0 Å². The Morgan fingerprint density at radius 3 is 2.33 bits per heavy atom. The second-order valence-corrected chi connectivity index (χ2v) is 16.5. The third-order valence-corrected chi connectivity index (χ3v) is 12.4. The number of fused-ring (bicyclic) bond motifs is 2. The number of anilines is 1. The van der Waals surface area contributed by atoms with Crippen molar-refractivity contribution in [3.63, 3.8) is 0 Å². The molecule has 3 fully saturated rings. The van der Waals surface area contributed by atoms with Crippen molar-refractivity contribution < 1.29 is 33.4 Å². The van der Waals surface area contributed by atoms with E-state index in [0.717, 1.165) is 96.0 Å². The van der Waals surface area contributed by atoms with Crippen LogP contribution in [0.15, 0.2) is 60.7 Å². The SMILES string of the molecule is CN(C)c1ccc(-c2nc3ccc(OC4CC(OC5CCN(CCCCCOc6ccc7c(c6)C(=O)N(C6CCC(=O)CC6=O)C7=O)CC5)C4)cc3s2)cc1. The van der Waals surface area contributed by atoms with Gasteiger partial charge in [0.25, 0.3) is 11.8 Å². The zero-order valence-corrected chi connectivity index (χ0v) is 32.4. The molecule has 8 rings (SSSR count). The molecule has 0 spiro atoms. The van der Waals surface area contributed by atoms with Crippen LogP contribution in [0.1, 0.15) is 84.9 Å². The highest BCUT2D eigenvalue weighted by atomic mass is 32.1. The van der Waals surface area contributed by atoms with Crippen molar-refractivity contribution in [1.29, 1.82) is 0 Å². The number of carbonyl (C=O) groups excluding carboxylic acids is 4. The summed E-state index contributed by atoms with van der Waals surface area (Å²) in [6.45, 7) is 3.67. The first kappa shape index (κ1) is 37.3. The van der Waals surface area contributed by atoms with E-state index in [9.17, 15) is 19.2 Å². The van der Waals surface area contributed by atoms with Crippen molar-refractivity contribution in [2.45, 2.75) is 88.6 Å². The van der Waals surface area contributed by atoms with E-state index in [1.807, 2.05) is 20.2 Å². The van der Waals surface area contributed by atoms with E-state index >= 15 is 0 Å². The summed E-state index contributed by atoms with van der Waals surface area (Å²) >= 11 is 1.70. The summed E-state index contributed by atoms with van der Waals surface area (Å²) in [6.07, 6.45) is 7.88. The second-order valence-electron chi connectivity index (χ2n) is 15.4. The van der Waals surface area contributed by atoms with Crippen LogP contribution in [-0.2, 0) is 14.3 Å². The Morgan fingerprint density at radius 2 is 1.56 bits per heavy atom. The third kappa shape index (κ3) is 8.32. The van der Waals surface area contributed by atoms with Gasteiger partial charge in [-0.15, -0.1) is 11.3 Å². The predicted octanol–water partition coefficient (Wildman–Crippen LogP) is 6.96. The maximum absolute atomic E-state index is 13.1. The number of ether oxygens (including phenoxy) is 3. The van der Waals surface area contributed by atoms with Gasteiger partial charge < -0.3 is 24.0 Å². The number of thiazole rings is 1. The number of hydrogen-bond acceptors (Lipinski definition) is 11. The van der Waals surface area contributed by atoms with E-state index in [-0.39, 0.29) is 54.2 Å². The van der Waals surface area contributed by atoms with Gasteiger partial charge in [-0.25, -0.2) is 4.98 Å². The zero-order valence-electron chi connectivity index (χ0n) is 31.5. The molecule has 55 heavy (non-hydrogen) atoms. The number of benzene rings is 3. The minimum absolute atomic E-state index is 0.145. The smallest absolute Gasteiger partial charge is 0.262 e. The van der Waals surface area contributed by atoms with Crippen molar-refractivity contribution in [2.75, 3.05) is 45.2 Å². The summed E-state index contributed by atoms with van der Waals surface area (Å²) in [6, 6.07) is 18.7. The fraction of sp³-hybridized carbons (Fsp3) is 0.465. The Kier molecular flexibility index (Phi) is 11.0. The number of nitrogens with zero attached hydrogens (tertiary/aromatic N) is 4. The van der Waals surface area contributed by atoms with Gasteiger partial charge in [0.2, 0.25) is 0 Å². The van der Waals surface area contributed by atoms with Crippen LogP contribution < -0.4 is 14.4 Å². The van der Waals surface area contributed by atoms with E-state index in [4.69, 9.17) is 19.2 Å². The first-order valence-electron chi connectivity index (χ1n) is 19.6. The van der Waals surface area contributed by atoms with Crippen molar-refractivity contribution in [3.05, 3.63) is 71.8 Å². The quantitative estimate of drug-likeness (QED) is 0.0758. The molecule has 3 heterocycles. The Morgan fingerprint density at radius 1 is 0.800 bits per heavy atom. The molecular formula is C43H48N4O7S. The first-order valence-corrected chi connectivity index (χ1v) is 20.4. The number of likely N-dealkylation sites (tertiary alicyclic amines) is 1. The summed E-state index contributed by atoms with van der Waals surface area (Å²) < 4.78 is 19.9. The van der Waals surface area contributed by atoms with Crippen LogP contribution in [0, 0.1) is 0 Å². The summed E-state index contributed by atoms with van der Waals surface area (Å²) in [4.78, 5) is 60.6. The number of imide groups is 1. The minimum atomic E-state index is -0.867. The van der Waals surface area contributed by atoms with E-state index in [1.165, 1.54) is 5.69 Å². The highest BCUT2D eigenvalue weighted by Gasteiger charge is 2.44. The van der Waals surface area contributed by atoms with Crippen molar-refractivity contribution in [1.82, 2.24) is 14.8 Å². The molecule has 1 aromatic heterocycles. The van der Waals surface area contributed by atoms with Crippen LogP contribution in [0.3, 0.4) is 0 Å². The maximum atomic E-state index is 13.1. The minimum Gasteiger partial charge on any atom is -0.494 e. The van der Waals surface area contributed by atoms with Crippen molar-refractivity contribution >= 4 is 50.6 Å². The number of piperidine rings is 1. The lowest BCUT2D eigenvalue weighted by atomic mass is 9.91. The Hall–Kier alpha value is -4.65. The number of rotatable bonds is 14. The average molecular weight is 765 g/mol. The van der Waals surface area contributed by atoms with E-state index < -0.39 is 17.9 Å². The molecule has 3 aromatic carbocycles. The van der Waals surface area contributed by atoms with E-state index in [2.05, 4.69) is 46.2 Å². The summed E-state index contributed by atoms with van der Waals surface area (Å²) in [7, 11) is 4.09. The normalized spacial score (nSPS) is 21.9. The zero-order chi connectivity index (χ0) is 38.1. The van der Waals surface area contributed by atoms with E-state index in [0.29, 0.717) is 18.5 Å². The van der Waals surface area contributed by atoms with Crippen LogP contribution in [-0.4, -0.2) is 103 Å². The lowest BCUT2D eigenvalue weighted by Gasteiger charge is -2.40. The predicted molar refractivity (Wildman–Crippen MR) is 211 cm³/mol. The van der Waals surface area contributed by atoms with Crippen LogP contribution in [0.4, 0.5) is 5.69 Å². The highest BCUT2D eigenvalue weighted by molar-refractivity contribution is 7.21. The number of hydrogen-bond donors (Lipinski definition) is 0. The van der Waals surface area contributed by atoms with Gasteiger partial charge in [-0.05, 0) is 106 Å². The van der Waals surface area contributed by atoms with Gasteiger partial charge in [0.1, 0.15) is 28.4 Å². The first-order chi connectivity index (χ1) is 26.7. The third-order valence-electron chi connectivity index (χ3n) is 11.3. The average Bonchev–Trinajstić information content (AvgIpc) is 3.70. The highest BCUT2D eigenvalue weighted by Crippen LogP contribution is 2.36. The molecule has 4 aliphatic rings. The standard InChI is InChI=1S/C43H48N4O7S/c1-45(2)28-8-6-27(7-9-28)41-44-37-14-12-32(26-40(37)55-41)54-34-23-33(24-34)53-30-16-19-46(20-17-30)18-4-3-5-21-52-31-11-13-35-36(25-31)43(51)47(42(35)50)38-15-10-29(48)22-39(38)49/h6-9,11-14,25-26,30,33-34,38H,3-5,10,15-24H2,1-2H3. The molecule has 288 valence electrons. The molecule has 2 aliphatic carbocycles. The van der Waals surface area contributed by atoms with Gasteiger partial charge >= 0.3 is 0 Å². The summed E-state index contributed by atoms with van der Waals surface area (Å²) in [5.41, 5.74) is 3.83. The fourth-order valence-electron chi connectivity index (χ4n) is 8.01. The van der Waals surface area contributed by atoms with Gasteiger partial charge in [0.05, 0.1) is 52.6 Å². The number of aromatic nitrogens is 1. The monoisotopic (exact) mass is 764 g/mol. The molecule has 4 aromatic rings. The molecule has 2 aliphatic heterocycles. The largest absolute Gasteiger partial charge is 0.494 e. The maximum Gasteiger partial charge on any atom is 0.262 e.